The molecule has 2 aliphatic rings. The number of carbonyl (C=O) groups excluding carboxylic acids is 1. The first-order valence-electron chi connectivity index (χ1n) is 9.89. The number of amides is 1. The fourth-order valence-corrected chi connectivity index (χ4v) is 5.91. The van der Waals surface area contributed by atoms with Gasteiger partial charge in [0.2, 0.25) is 5.91 Å². The first-order valence-corrected chi connectivity index (χ1v) is 11.7. The second kappa shape index (κ2) is 7.59. The average molecular weight is 406 g/mol. The fourth-order valence-electron chi connectivity index (χ4n) is 3.67. The summed E-state index contributed by atoms with van der Waals surface area (Å²) in [6.07, 6.45) is 5.33. The molecule has 7 heteroatoms. The van der Waals surface area contributed by atoms with Crippen LogP contribution in [0.5, 0.6) is 0 Å². The fraction of sp³-hybridized carbons (Fsp3) is 0.650. The second-order valence-corrected chi connectivity index (χ2v) is 10.4. The topological polar surface area (TPSA) is 64.0 Å². The minimum atomic E-state index is 0.0345. The lowest BCUT2D eigenvalue weighted by Gasteiger charge is -2.18. The van der Waals surface area contributed by atoms with E-state index in [1.165, 1.54) is 22.2 Å². The number of fused-ring (bicyclic) bond motifs is 3. The predicted molar refractivity (Wildman–Crippen MR) is 112 cm³/mol. The maximum atomic E-state index is 13.3. The lowest BCUT2D eigenvalue weighted by atomic mass is 9.89. The monoisotopic (exact) mass is 405 g/mol. The lowest BCUT2D eigenvalue weighted by molar-refractivity contribution is -0.118. The molecule has 1 amide bonds. The summed E-state index contributed by atoms with van der Waals surface area (Å²) in [7, 11) is 0. The predicted octanol–water partition coefficient (Wildman–Crippen LogP) is 3.61. The molecule has 5 nitrogen and oxygen atoms in total. The molecule has 0 spiro atoms. The van der Waals surface area contributed by atoms with Crippen molar-refractivity contribution in [1.82, 2.24) is 14.9 Å². The molecule has 0 bridgehead atoms. The molecule has 27 heavy (non-hydrogen) atoms. The molecule has 4 rings (SSSR count). The van der Waals surface area contributed by atoms with E-state index in [1.807, 2.05) is 0 Å². The molecule has 2 heterocycles. The van der Waals surface area contributed by atoms with Gasteiger partial charge in [0.1, 0.15) is 4.83 Å². The Hall–Kier alpha value is -1.34. The summed E-state index contributed by atoms with van der Waals surface area (Å²) in [5.41, 5.74) is 1.30. The van der Waals surface area contributed by atoms with Gasteiger partial charge in [-0.15, -0.1) is 11.3 Å². The van der Waals surface area contributed by atoms with E-state index < -0.39 is 0 Å². The normalized spacial score (nSPS) is 19.5. The maximum absolute atomic E-state index is 13.3. The third kappa shape index (κ3) is 4.09. The third-order valence-electron chi connectivity index (χ3n) is 5.20. The summed E-state index contributed by atoms with van der Waals surface area (Å²) in [6, 6.07) is 0.359. The summed E-state index contributed by atoms with van der Waals surface area (Å²) in [6.45, 7) is 7.12. The number of nitrogens with zero attached hydrogens (tertiary/aromatic N) is 2. The van der Waals surface area contributed by atoms with Gasteiger partial charge in [0.25, 0.3) is 5.56 Å². The minimum Gasteiger partial charge on any atom is -0.353 e. The van der Waals surface area contributed by atoms with Gasteiger partial charge >= 0.3 is 0 Å². The van der Waals surface area contributed by atoms with Crippen molar-refractivity contribution >= 4 is 39.2 Å². The number of thiophene rings is 1. The van der Waals surface area contributed by atoms with Crippen molar-refractivity contribution in [3.63, 3.8) is 0 Å². The largest absolute Gasteiger partial charge is 0.353 e. The molecular formula is C20H27N3O2S2. The van der Waals surface area contributed by atoms with Crippen LogP contribution in [-0.2, 0) is 24.2 Å². The molecule has 1 atom stereocenters. The van der Waals surface area contributed by atoms with E-state index >= 15 is 0 Å². The zero-order valence-electron chi connectivity index (χ0n) is 16.2. The molecule has 0 saturated heterocycles. The number of nitrogens with one attached hydrogen (secondary N) is 1. The standard InChI is InChI=1S/C20H27N3O2S2/c1-11(2)9-23-19(25)17-14-7-4-12(3)8-15(14)27-18(17)22-20(23)26-10-16(24)21-13-5-6-13/h11-13H,4-10H2,1-3H3,(H,21,24)/t12-/m0/s1. The SMILES string of the molecule is CC(C)Cn1c(SCC(=O)NC2CC2)nc2sc3c(c2c1=O)CC[C@H](C)C3. The molecule has 0 aromatic carbocycles. The van der Waals surface area contributed by atoms with Crippen LogP contribution in [0.25, 0.3) is 10.2 Å². The zero-order valence-corrected chi connectivity index (χ0v) is 17.8. The Morgan fingerprint density at radius 3 is 2.85 bits per heavy atom. The van der Waals surface area contributed by atoms with Crippen molar-refractivity contribution < 1.29 is 4.79 Å². The van der Waals surface area contributed by atoms with Crippen molar-refractivity contribution in [1.29, 1.82) is 0 Å². The highest BCUT2D eigenvalue weighted by molar-refractivity contribution is 7.99. The molecule has 0 aliphatic heterocycles. The van der Waals surface area contributed by atoms with Crippen LogP contribution in [0.3, 0.4) is 0 Å². The van der Waals surface area contributed by atoms with Gasteiger partial charge in [0.15, 0.2) is 5.16 Å². The molecule has 2 aliphatic carbocycles. The number of hydrogen-bond acceptors (Lipinski definition) is 5. The van der Waals surface area contributed by atoms with Crippen molar-refractivity contribution in [2.24, 2.45) is 11.8 Å². The summed E-state index contributed by atoms with van der Waals surface area (Å²) in [5, 5.41) is 4.52. The summed E-state index contributed by atoms with van der Waals surface area (Å²) >= 11 is 3.06. The highest BCUT2D eigenvalue weighted by Gasteiger charge is 2.26. The Kier molecular flexibility index (Phi) is 5.34. The first kappa shape index (κ1) is 19.0. The van der Waals surface area contributed by atoms with Crippen LogP contribution in [0.4, 0.5) is 0 Å². The van der Waals surface area contributed by atoms with Crippen LogP contribution in [0.2, 0.25) is 0 Å². The van der Waals surface area contributed by atoms with Gasteiger partial charge in [-0.2, -0.15) is 0 Å². The highest BCUT2D eigenvalue weighted by atomic mass is 32.2. The maximum Gasteiger partial charge on any atom is 0.263 e. The number of hydrogen-bond donors (Lipinski definition) is 1. The molecule has 2 aromatic heterocycles. The van der Waals surface area contributed by atoms with E-state index in [4.69, 9.17) is 4.98 Å². The third-order valence-corrected chi connectivity index (χ3v) is 7.33. The van der Waals surface area contributed by atoms with E-state index in [-0.39, 0.29) is 11.5 Å². The quantitative estimate of drug-likeness (QED) is 0.589. The highest BCUT2D eigenvalue weighted by Crippen LogP contribution is 2.36. The molecule has 0 unspecified atom stereocenters. The summed E-state index contributed by atoms with van der Waals surface area (Å²) in [4.78, 5) is 32.5. The van der Waals surface area contributed by atoms with Gasteiger partial charge < -0.3 is 5.32 Å². The number of aromatic nitrogens is 2. The van der Waals surface area contributed by atoms with Crippen molar-refractivity contribution in [2.45, 2.75) is 70.6 Å². The van der Waals surface area contributed by atoms with Gasteiger partial charge in [-0.3, -0.25) is 14.2 Å². The zero-order chi connectivity index (χ0) is 19.1. The van der Waals surface area contributed by atoms with E-state index in [0.717, 1.165) is 42.3 Å². The molecule has 1 saturated carbocycles. The molecule has 0 radical (unpaired) electrons. The average Bonchev–Trinajstić information content (AvgIpc) is 3.33. The van der Waals surface area contributed by atoms with Crippen LogP contribution in [0, 0.1) is 11.8 Å². The lowest BCUT2D eigenvalue weighted by Crippen LogP contribution is -2.29. The molecule has 146 valence electrons. The number of aryl methyl sites for hydroxylation is 1. The summed E-state index contributed by atoms with van der Waals surface area (Å²) in [5.74, 6) is 1.36. The Morgan fingerprint density at radius 1 is 1.37 bits per heavy atom. The van der Waals surface area contributed by atoms with Crippen LogP contribution in [0.1, 0.15) is 50.5 Å². The summed E-state index contributed by atoms with van der Waals surface area (Å²) < 4.78 is 1.80. The van der Waals surface area contributed by atoms with Gasteiger partial charge in [-0.25, -0.2) is 4.98 Å². The first-order chi connectivity index (χ1) is 12.9. The van der Waals surface area contributed by atoms with Crippen LogP contribution in [-0.4, -0.2) is 27.3 Å². The molecular weight excluding hydrogens is 378 g/mol. The number of carbonyl (C=O) groups is 1. The Balaban J connectivity index is 1.70. The number of thioether (sulfide) groups is 1. The Labute approximate surface area is 167 Å². The Bertz CT molecular complexity index is 927. The van der Waals surface area contributed by atoms with Crippen LogP contribution in [0.15, 0.2) is 9.95 Å². The van der Waals surface area contributed by atoms with Crippen molar-refractivity contribution in [3.8, 4) is 0 Å². The second-order valence-electron chi connectivity index (χ2n) is 8.37. The van der Waals surface area contributed by atoms with E-state index in [9.17, 15) is 9.59 Å². The van der Waals surface area contributed by atoms with E-state index in [1.54, 1.807) is 15.9 Å². The Morgan fingerprint density at radius 2 is 2.15 bits per heavy atom. The minimum absolute atomic E-state index is 0.0345. The van der Waals surface area contributed by atoms with Gasteiger partial charge in [0, 0.05) is 17.5 Å². The van der Waals surface area contributed by atoms with Gasteiger partial charge in [-0.1, -0.05) is 32.5 Å². The van der Waals surface area contributed by atoms with E-state index in [0.29, 0.717) is 35.3 Å². The smallest absolute Gasteiger partial charge is 0.263 e. The van der Waals surface area contributed by atoms with Crippen LogP contribution < -0.4 is 10.9 Å². The van der Waals surface area contributed by atoms with Crippen molar-refractivity contribution in [2.75, 3.05) is 5.75 Å². The van der Waals surface area contributed by atoms with Gasteiger partial charge in [-0.05, 0) is 49.5 Å². The van der Waals surface area contributed by atoms with E-state index in [2.05, 4.69) is 26.1 Å². The van der Waals surface area contributed by atoms with Gasteiger partial charge in [0.05, 0.1) is 11.1 Å². The molecule has 1 N–H and O–H groups in total. The number of rotatable bonds is 6. The van der Waals surface area contributed by atoms with Crippen LogP contribution >= 0.6 is 23.1 Å². The van der Waals surface area contributed by atoms with Crippen molar-refractivity contribution in [3.05, 3.63) is 20.8 Å². The molecule has 1 fully saturated rings. The molecule has 2 aromatic rings.